The molecular formula is C10H16FN3O2S. The Hall–Kier alpha value is -1.68. The second kappa shape index (κ2) is 9.54. The Morgan fingerprint density at radius 1 is 1.18 bits per heavy atom. The van der Waals surface area contributed by atoms with Gasteiger partial charge >= 0.3 is 5.08 Å². The van der Waals surface area contributed by atoms with Gasteiger partial charge in [-0.05, 0) is 17.6 Å². The summed E-state index contributed by atoms with van der Waals surface area (Å²) >= 11 is 0. The lowest BCUT2D eigenvalue weighted by Gasteiger charge is -1.89. The molecule has 0 saturated carbocycles. The highest BCUT2D eigenvalue weighted by atomic mass is 32.2. The summed E-state index contributed by atoms with van der Waals surface area (Å²) in [6.45, 7) is 3.30. The second-order valence-corrected chi connectivity index (χ2v) is 5.54. The second-order valence-electron chi connectivity index (χ2n) is 2.90. The van der Waals surface area contributed by atoms with E-state index in [9.17, 15) is 8.42 Å². The molecule has 96 valence electrons. The molecule has 1 N–H and O–H groups in total. The summed E-state index contributed by atoms with van der Waals surface area (Å²) in [7, 11) is -2.66. The fraction of sp³-hybridized carbons (Fsp3) is 0.400. The van der Waals surface area contributed by atoms with Crippen molar-refractivity contribution in [2.45, 2.75) is 13.8 Å². The predicted molar refractivity (Wildman–Crippen MR) is 65.2 cm³/mol. The first-order chi connectivity index (χ1) is 7.55. The highest BCUT2D eigenvalue weighted by Gasteiger charge is 1.99. The van der Waals surface area contributed by atoms with Gasteiger partial charge in [0.15, 0.2) is 0 Å². The van der Waals surface area contributed by atoms with Crippen molar-refractivity contribution in [3.8, 4) is 0 Å². The first kappa shape index (κ1) is 17.7. The Morgan fingerprint density at radius 2 is 1.65 bits per heavy atom. The molecule has 0 unspecified atom stereocenters. The molecule has 0 aliphatic rings. The molecule has 7 heteroatoms. The van der Waals surface area contributed by atoms with Crippen LogP contribution in [0.15, 0.2) is 30.3 Å². The zero-order chi connectivity index (χ0) is 12.4. The van der Waals surface area contributed by atoms with Gasteiger partial charge in [-0.1, -0.05) is 32.0 Å². The van der Waals surface area contributed by atoms with Gasteiger partial charge in [-0.3, -0.25) is 0 Å². The summed E-state index contributed by atoms with van der Waals surface area (Å²) in [5.74, 6) is 0.535. The summed E-state index contributed by atoms with van der Waals surface area (Å²) in [4.78, 5) is 0. The van der Waals surface area contributed by atoms with Crippen molar-refractivity contribution < 1.29 is 13.1 Å². The van der Waals surface area contributed by atoms with E-state index in [1.807, 2.05) is 18.2 Å². The number of sulfone groups is 1. The van der Waals surface area contributed by atoms with Crippen LogP contribution >= 0.6 is 0 Å². The SMILES string of the molecule is CCS(=O)(=O)CC.N#[N+]Nc1ccccc1.[F-]. The zero-order valence-corrected chi connectivity index (χ0v) is 10.6. The number of rotatable bonds is 3. The highest BCUT2D eigenvalue weighted by molar-refractivity contribution is 7.91. The van der Waals surface area contributed by atoms with E-state index in [0.29, 0.717) is 0 Å². The van der Waals surface area contributed by atoms with Gasteiger partial charge < -0.3 is 4.70 Å². The van der Waals surface area contributed by atoms with Gasteiger partial charge in [-0.25, -0.2) is 8.42 Å². The number of anilines is 1. The van der Waals surface area contributed by atoms with Crippen LogP contribution in [-0.4, -0.2) is 19.9 Å². The minimum atomic E-state index is -2.66. The molecule has 1 rings (SSSR count). The van der Waals surface area contributed by atoms with E-state index >= 15 is 0 Å². The quantitative estimate of drug-likeness (QED) is 0.577. The number of para-hydroxylation sites is 1. The van der Waals surface area contributed by atoms with Crippen LogP contribution in [0.1, 0.15) is 13.8 Å². The minimum absolute atomic E-state index is 0. The van der Waals surface area contributed by atoms with E-state index < -0.39 is 9.84 Å². The summed E-state index contributed by atoms with van der Waals surface area (Å²) < 4.78 is 20.7. The maximum Gasteiger partial charge on any atom is 0.308 e. The lowest BCUT2D eigenvalue weighted by atomic mass is 10.3. The molecule has 0 aliphatic heterocycles. The average molecular weight is 261 g/mol. The first-order valence-electron chi connectivity index (χ1n) is 4.91. The molecule has 0 radical (unpaired) electrons. The fourth-order valence-corrected chi connectivity index (χ4v) is 1.18. The Bertz CT molecular complexity index is 419. The topological polar surface area (TPSA) is 74.3 Å². The van der Waals surface area contributed by atoms with Crippen molar-refractivity contribution in [1.29, 1.82) is 5.39 Å². The number of nitrogens with zero attached hydrogens (tertiary/aromatic N) is 2. The van der Waals surface area contributed by atoms with E-state index in [-0.39, 0.29) is 16.2 Å². The van der Waals surface area contributed by atoms with E-state index in [4.69, 9.17) is 5.39 Å². The maximum absolute atomic E-state index is 10.4. The molecule has 17 heavy (non-hydrogen) atoms. The average Bonchev–Trinajstić information content (AvgIpc) is 2.32. The smallest absolute Gasteiger partial charge is 0.308 e. The number of hydrogen-bond acceptors (Lipinski definition) is 4. The molecule has 0 aromatic heterocycles. The van der Waals surface area contributed by atoms with Crippen LogP contribution in [-0.2, 0) is 9.84 Å². The molecular weight excluding hydrogens is 245 g/mol. The molecule has 0 spiro atoms. The third-order valence-corrected chi connectivity index (χ3v) is 3.59. The molecule has 0 aliphatic carbocycles. The molecule has 0 bridgehead atoms. The van der Waals surface area contributed by atoms with Gasteiger partial charge in [-0.15, -0.1) is 0 Å². The van der Waals surface area contributed by atoms with E-state index in [2.05, 4.69) is 10.5 Å². The van der Waals surface area contributed by atoms with Gasteiger partial charge in [0.05, 0.1) is 0 Å². The molecule has 5 nitrogen and oxygen atoms in total. The number of nitrogens with one attached hydrogen (secondary N) is 1. The van der Waals surface area contributed by atoms with Crippen molar-refractivity contribution >= 4 is 15.5 Å². The molecule has 1 aromatic carbocycles. The van der Waals surface area contributed by atoms with E-state index in [1.165, 1.54) is 0 Å². The van der Waals surface area contributed by atoms with Crippen molar-refractivity contribution in [2.75, 3.05) is 16.9 Å². The Balaban J connectivity index is 0. The molecule has 0 atom stereocenters. The van der Waals surface area contributed by atoms with Crippen molar-refractivity contribution in [2.24, 2.45) is 0 Å². The molecule has 0 saturated heterocycles. The fourth-order valence-electron chi connectivity index (χ4n) is 0.775. The van der Waals surface area contributed by atoms with E-state index in [0.717, 1.165) is 5.69 Å². The van der Waals surface area contributed by atoms with Crippen LogP contribution in [0, 0.1) is 5.39 Å². The normalized spacial score (nSPS) is 9.00. The third-order valence-electron chi connectivity index (χ3n) is 1.83. The molecule has 0 heterocycles. The van der Waals surface area contributed by atoms with Crippen LogP contribution in [0.3, 0.4) is 0 Å². The van der Waals surface area contributed by atoms with Crippen molar-refractivity contribution in [1.82, 2.24) is 0 Å². The van der Waals surface area contributed by atoms with E-state index in [1.54, 1.807) is 26.0 Å². The highest BCUT2D eigenvalue weighted by Crippen LogP contribution is 2.03. The van der Waals surface area contributed by atoms with Crippen molar-refractivity contribution in [3.63, 3.8) is 0 Å². The Morgan fingerprint density at radius 3 is 1.94 bits per heavy atom. The van der Waals surface area contributed by atoms with Crippen molar-refractivity contribution in [3.05, 3.63) is 35.4 Å². The number of diazo groups is 1. The first-order valence-corrected chi connectivity index (χ1v) is 6.73. The molecule has 0 amide bonds. The number of hydrogen-bond donors (Lipinski definition) is 1. The van der Waals surface area contributed by atoms with Crippen LogP contribution in [0.5, 0.6) is 0 Å². The van der Waals surface area contributed by atoms with Crippen LogP contribution in [0.25, 0.3) is 5.08 Å². The van der Waals surface area contributed by atoms with Gasteiger partial charge in [0.1, 0.15) is 15.5 Å². The largest absolute Gasteiger partial charge is 1.00 e. The summed E-state index contributed by atoms with van der Waals surface area (Å²) in [5.41, 5.74) is 3.17. The third kappa shape index (κ3) is 9.26. The van der Waals surface area contributed by atoms with Crippen LogP contribution in [0.2, 0.25) is 0 Å². The Labute approximate surface area is 101 Å². The van der Waals surface area contributed by atoms with Gasteiger partial charge in [0.25, 0.3) is 5.39 Å². The monoisotopic (exact) mass is 261 g/mol. The minimum Gasteiger partial charge on any atom is -1.00 e. The van der Waals surface area contributed by atoms with Crippen LogP contribution < -0.4 is 10.1 Å². The standard InChI is InChI=1S/C6H6N3.C4H10O2S.FH/c7-9-8-6-4-2-1-3-5-6;1-3-7(5,6)4-2;/h1-5,8H;3-4H2,1-2H3;1H/q+1;;/p-1. The van der Waals surface area contributed by atoms with Gasteiger partial charge in [0, 0.05) is 11.5 Å². The lowest BCUT2D eigenvalue weighted by Crippen LogP contribution is -3.00. The number of halogens is 1. The molecule has 1 aromatic rings. The summed E-state index contributed by atoms with van der Waals surface area (Å²) in [5, 5.41) is 10.8. The summed E-state index contributed by atoms with van der Waals surface area (Å²) in [6, 6.07) is 9.21. The number of benzene rings is 1. The Kier molecular flexibility index (Phi) is 9.94. The van der Waals surface area contributed by atoms with Gasteiger partial charge in [0.2, 0.25) is 0 Å². The maximum atomic E-state index is 10.4. The lowest BCUT2D eigenvalue weighted by molar-refractivity contribution is -0.00000605. The molecule has 0 fully saturated rings. The zero-order valence-electron chi connectivity index (χ0n) is 9.80. The predicted octanol–water partition coefficient (Wildman–Crippen LogP) is -0.688. The van der Waals surface area contributed by atoms with Gasteiger partial charge in [-0.2, -0.15) is 0 Å². The summed E-state index contributed by atoms with van der Waals surface area (Å²) in [6.07, 6.45) is 0. The van der Waals surface area contributed by atoms with Crippen LogP contribution in [0.4, 0.5) is 5.69 Å².